The average molecular weight is 477 g/mol. The third-order valence-corrected chi connectivity index (χ3v) is 7.13. The second kappa shape index (κ2) is 11.3. The molecule has 3 aromatic rings. The van der Waals surface area contributed by atoms with Crippen LogP contribution in [0.25, 0.3) is 5.57 Å². The summed E-state index contributed by atoms with van der Waals surface area (Å²) in [6.07, 6.45) is 8.93. The summed E-state index contributed by atoms with van der Waals surface area (Å²) < 4.78 is 0. The molecule has 1 aliphatic carbocycles. The molecule has 4 heteroatoms. The fourth-order valence-electron chi connectivity index (χ4n) is 5.01. The third kappa shape index (κ3) is 5.39. The van der Waals surface area contributed by atoms with Gasteiger partial charge in [-0.15, -0.1) is 0 Å². The molecule has 0 aliphatic heterocycles. The van der Waals surface area contributed by atoms with Crippen LogP contribution in [0, 0.1) is 12.3 Å². The van der Waals surface area contributed by atoms with E-state index in [1.165, 1.54) is 22.3 Å². The number of benzene rings is 2. The molecule has 2 aromatic carbocycles. The first-order valence-corrected chi connectivity index (χ1v) is 12.7. The monoisotopic (exact) mass is 476 g/mol. The summed E-state index contributed by atoms with van der Waals surface area (Å²) in [5, 5.41) is 0. The van der Waals surface area contributed by atoms with Crippen LogP contribution >= 0.6 is 0 Å². The number of aryl methyl sites for hydroxylation is 2. The van der Waals surface area contributed by atoms with E-state index in [0.29, 0.717) is 13.0 Å². The summed E-state index contributed by atoms with van der Waals surface area (Å²) in [5.74, 6) is 0. The van der Waals surface area contributed by atoms with Crippen LogP contribution < -0.4 is 11.5 Å². The molecule has 0 saturated carbocycles. The average Bonchev–Trinajstić information content (AvgIpc) is 2.92. The number of allylic oxidation sites excluding steroid dienone is 3. The molecule has 0 spiro atoms. The van der Waals surface area contributed by atoms with Crippen LogP contribution in [0.1, 0.15) is 42.1 Å². The van der Waals surface area contributed by atoms with Gasteiger partial charge in [0.05, 0.1) is 17.1 Å². The highest BCUT2D eigenvalue weighted by Gasteiger charge is 2.42. The lowest BCUT2D eigenvalue weighted by Crippen LogP contribution is -2.35. The molecule has 0 bridgehead atoms. The lowest BCUT2D eigenvalue weighted by molar-refractivity contribution is 0.454. The summed E-state index contributed by atoms with van der Waals surface area (Å²) in [4.78, 5) is 9.65. The highest BCUT2D eigenvalue weighted by molar-refractivity contribution is 6.11. The van der Waals surface area contributed by atoms with E-state index in [9.17, 15) is 0 Å². The van der Waals surface area contributed by atoms with Crippen LogP contribution in [0.3, 0.4) is 0 Å². The van der Waals surface area contributed by atoms with Crippen LogP contribution in [0.15, 0.2) is 108 Å². The predicted molar refractivity (Wildman–Crippen MR) is 152 cm³/mol. The number of hydrogen-bond acceptors (Lipinski definition) is 4. The maximum absolute atomic E-state index is 6.24. The molecule has 1 aliphatic rings. The predicted octanol–water partition coefficient (Wildman–Crippen LogP) is 6.49. The number of rotatable bonds is 8. The van der Waals surface area contributed by atoms with Gasteiger partial charge in [0.25, 0.3) is 0 Å². The molecule has 4 N–H and O–H groups in total. The quantitative estimate of drug-likeness (QED) is 0.390. The first-order valence-electron chi connectivity index (χ1n) is 12.7. The highest BCUT2D eigenvalue weighted by atomic mass is 14.8. The number of aliphatic imine (C=N–C) groups is 1. The minimum Gasteiger partial charge on any atom is -0.404 e. The minimum atomic E-state index is -0.404. The molecule has 1 heterocycles. The molecule has 4 rings (SSSR count). The van der Waals surface area contributed by atoms with E-state index in [-0.39, 0.29) is 0 Å². The van der Waals surface area contributed by atoms with Crippen molar-refractivity contribution in [2.24, 2.45) is 21.9 Å². The number of nitrogens with two attached hydrogens (primary N) is 2. The van der Waals surface area contributed by atoms with Crippen molar-refractivity contribution in [3.05, 3.63) is 125 Å². The van der Waals surface area contributed by atoms with Gasteiger partial charge < -0.3 is 11.5 Å². The van der Waals surface area contributed by atoms with Crippen LogP contribution in [0.4, 0.5) is 5.69 Å². The van der Waals surface area contributed by atoms with Gasteiger partial charge in [0, 0.05) is 11.6 Å². The Labute approximate surface area is 215 Å². The highest BCUT2D eigenvalue weighted by Crippen LogP contribution is 2.51. The number of nitrogens with zero attached hydrogens (tertiary/aromatic N) is 2. The Bertz CT molecular complexity index is 1280. The smallest absolute Gasteiger partial charge is 0.0683 e. The van der Waals surface area contributed by atoms with Gasteiger partial charge in [-0.25, -0.2) is 4.99 Å². The van der Waals surface area contributed by atoms with E-state index in [1.54, 1.807) is 6.20 Å². The zero-order valence-corrected chi connectivity index (χ0v) is 21.4. The van der Waals surface area contributed by atoms with Crippen molar-refractivity contribution in [1.29, 1.82) is 0 Å². The molecule has 4 nitrogen and oxygen atoms in total. The van der Waals surface area contributed by atoms with Crippen molar-refractivity contribution in [2.45, 2.75) is 39.5 Å². The maximum Gasteiger partial charge on any atom is 0.0683 e. The molecule has 184 valence electrons. The number of pyridine rings is 1. The van der Waals surface area contributed by atoms with Crippen molar-refractivity contribution >= 4 is 17.0 Å². The second-order valence-electron chi connectivity index (χ2n) is 9.53. The number of aromatic nitrogens is 1. The Hall–Kier alpha value is -3.76. The van der Waals surface area contributed by atoms with Crippen LogP contribution in [0.5, 0.6) is 0 Å². The summed E-state index contributed by atoms with van der Waals surface area (Å²) in [6, 6.07) is 23.1. The maximum atomic E-state index is 6.24. The fourth-order valence-corrected chi connectivity index (χ4v) is 5.01. The molecule has 0 radical (unpaired) electrons. The Kier molecular flexibility index (Phi) is 7.97. The largest absolute Gasteiger partial charge is 0.404 e. The third-order valence-electron chi connectivity index (χ3n) is 7.13. The topological polar surface area (TPSA) is 77.3 Å². The Morgan fingerprint density at radius 1 is 1.06 bits per heavy atom. The Morgan fingerprint density at radius 3 is 2.39 bits per heavy atom. The Balaban J connectivity index is 1.87. The van der Waals surface area contributed by atoms with Crippen molar-refractivity contribution in [2.75, 3.05) is 6.54 Å². The van der Waals surface area contributed by atoms with E-state index in [2.05, 4.69) is 67.9 Å². The molecule has 36 heavy (non-hydrogen) atoms. The Morgan fingerprint density at radius 2 is 1.78 bits per heavy atom. The second-order valence-corrected chi connectivity index (χ2v) is 9.53. The molecular weight excluding hydrogens is 440 g/mol. The molecule has 1 unspecified atom stereocenters. The summed E-state index contributed by atoms with van der Waals surface area (Å²) >= 11 is 0. The normalized spacial score (nSPS) is 19.9. The van der Waals surface area contributed by atoms with Gasteiger partial charge >= 0.3 is 0 Å². The van der Waals surface area contributed by atoms with Gasteiger partial charge in [0.2, 0.25) is 0 Å². The molecule has 0 amide bonds. The van der Waals surface area contributed by atoms with E-state index >= 15 is 0 Å². The van der Waals surface area contributed by atoms with Crippen LogP contribution in [-0.4, -0.2) is 17.2 Å². The van der Waals surface area contributed by atoms with E-state index in [1.807, 2.05) is 36.5 Å². The van der Waals surface area contributed by atoms with Crippen LogP contribution in [0.2, 0.25) is 0 Å². The van der Waals surface area contributed by atoms with Crippen molar-refractivity contribution in [3.63, 3.8) is 0 Å². The summed E-state index contributed by atoms with van der Waals surface area (Å²) in [7, 11) is 0. The molecule has 0 saturated heterocycles. The van der Waals surface area contributed by atoms with Gasteiger partial charge in [-0.1, -0.05) is 67.1 Å². The molecule has 1 atom stereocenters. The zero-order chi connectivity index (χ0) is 25.5. The SMILES string of the molecule is C=C(c1ccccn1)C1(Cc2ccc(CC)cc2)CC(=CN)C(=Nc2ccc(C)cc2)C=C1CCN. The first-order chi connectivity index (χ1) is 17.5. The molecule has 1 aromatic heterocycles. The lowest BCUT2D eigenvalue weighted by Gasteiger charge is -2.42. The van der Waals surface area contributed by atoms with Crippen molar-refractivity contribution in [1.82, 2.24) is 4.98 Å². The van der Waals surface area contributed by atoms with Gasteiger partial charge in [0.1, 0.15) is 0 Å². The molecule has 0 fully saturated rings. The number of hydrogen-bond donors (Lipinski definition) is 2. The standard InChI is InChI=1S/C32H36N4/c1-4-25-10-12-26(13-11-25)20-32(24(3)30-7-5-6-18-35-30)21-27(22-34)31(19-28(32)16-17-33)36-29-14-8-23(2)9-15-29/h5-15,18-19,22H,3-4,16-17,20-21,33-34H2,1-2H3. The van der Waals surface area contributed by atoms with Gasteiger partial charge in [-0.3, -0.25) is 4.98 Å². The van der Waals surface area contributed by atoms with Crippen molar-refractivity contribution in [3.8, 4) is 0 Å². The zero-order valence-electron chi connectivity index (χ0n) is 21.4. The summed E-state index contributed by atoms with van der Waals surface area (Å²) in [6.45, 7) is 9.41. The first kappa shape index (κ1) is 25.3. The molecular formula is C32H36N4. The van der Waals surface area contributed by atoms with Gasteiger partial charge in [0.15, 0.2) is 0 Å². The van der Waals surface area contributed by atoms with E-state index in [0.717, 1.165) is 47.5 Å². The lowest BCUT2D eigenvalue weighted by atomic mass is 9.61. The minimum absolute atomic E-state index is 0.404. The fraction of sp³-hybridized carbons (Fsp3) is 0.250. The van der Waals surface area contributed by atoms with Crippen molar-refractivity contribution < 1.29 is 0 Å². The van der Waals surface area contributed by atoms with Gasteiger partial charge in [-0.2, -0.15) is 0 Å². The van der Waals surface area contributed by atoms with Crippen LogP contribution in [-0.2, 0) is 12.8 Å². The van der Waals surface area contributed by atoms with Gasteiger partial charge in [-0.05, 0) is 98.0 Å². The summed E-state index contributed by atoms with van der Waals surface area (Å²) in [5.41, 5.74) is 21.7. The van der Waals surface area contributed by atoms with E-state index in [4.69, 9.17) is 16.5 Å². The van der Waals surface area contributed by atoms with E-state index < -0.39 is 5.41 Å².